The van der Waals surface area contributed by atoms with Crippen molar-refractivity contribution in [1.29, 1.82) is 5.26 Å². The number of amides is 2. The quantitative estimate of drug-likeness (QED) is 0.678. The van der Waals surface area contributed by atoms with E-state index in [0.29, 0.717) is 0 Å². The number of halogens is 1. The number of carbonyl (C=O) groups excluding carboxylic acids is 2. The lowest BCUT2D eigenvalue weighted by atomic mass is 10.1. The molecule has 0 saturated heterocycles. The molecule has 2 N–H and O–H groups in total. The van der Waals surface area contributed by atoms with Gasteiger partial charge in [-0.1, -0.05) is 12.1 Å². The zero-order valence-corrected chi connectivity index (χ0v) is 11.3. The molecule has 0 fully saturated rings. The van der Waals surface area contributed by atoms with E-state index in [1.54, 1.807) is 6.07 Å². The van der Waals surface area contributed by atoms with Crippen LogP contribution >= 0.6 is 0 Å². The second-order valence-electron chi connectivity index (χ2n) is 4.88. The third-order valence-corrected chi connectivity index (χ3v) is 3.54. The fourth-order valence-electron chi connectivity index (χ4n) is 2.42. The van der Waals surface area contributed by atoms with Crippen LogP contribution in [0.3, 0.4) is 0 Å². The summed E-state index contributed by atoms with van der Waals surface area (Å²) >= 11 is 0. The lowest BCUT2D eigenvalue weighted by molar-refractivity contribution is 0.0641. The minimum Gasteiger partial charge on any atom is -0.398 e. The molecule has 2 aromatic rings. The Morgan fingerprint density at radius 2 is 1.95 bits per heavy atom. The van der Waals surface area contributed by atoms with Crippen molar-refractivity contribution in [3.8, 4) is 6.07 Å². The average Bonchev–Trinajstić information content (AvgIpc) is 2.75. The summed E-state index contributed by atoms with van der Waals surface area (Å²) in [5, 5.41) is 8.72. The number of fused-ring (bicyclic) bond motifs is 1. The zero-order valence-electron chi connectivity index (χ0n) is 11.3. The van der Waals surface area contributed by atoms with E-state index in [2.05, 4.69) is 0 Å². The van der Waals surface area contributed by atoms with Gasteiger partial charge >= 0.3 is 0 Å². The van der Waals surface area contributed by atoms with Crippen molar-refractivity contribution >= 4 is 17.5 Å². The summed E-state index contributed by atoms with van der Waals surface area (Å²) in [6.07, 6.45) is 0. The second kappa shape index (κ2) is 4.97. The largest absolute Gasteiger partial charge is 0.398 e. The number of nitrogens with two attached hydrogens (primary N) is 1. The lowest BCUT2D eigenvalue weighted by Crippen LogP contribution is -2.29. The molecular formula is C16H10FN3O2. The third-order valence-electron chi connectivity index (χ3n) is 3.54. The van der Waals surface area contributed by atoms with E-state index < -0.39 is 17.6 Å². The molecule has 0 radical (unpaired) electrons. The number of nitriles is 1. The maximum atomic E-state index is 13.9. The van der Waals surface area contributed by atoms with Gasteiger partial charge in [-0.25, -0.2) is 4.39 Å². The molecule has 108 valence electrons. The third kappa shape index (κ3) is 2.00. The first-order valence-corrected chi connectivity index (χ1v) is 6.46. The molecule has 2 amide bonds. The van der Waals surface area contributed by atoms with Crippen molar-refractivity contribution in [3.05, 3.63) is 64.5 Å². The molecule has 0 unspecified atom stereocenters. The van der Waals surface area contributed by atoms with E-state index in [-0.39, 0.29) is 34.5 Å². The molecule has 22 heavy (non-hydrogen) atoms. The highest BCUT2D eigenvalue weighted by molar-refractivity contribution is 6.23. The van der Waals surface area contributed by atoms with Crippen LogP contribution in [0.4, 0.5) is 10.1 Å². The van der Waals surface area contributed by atoms with Crippen LogP contribution in [0.5, 0.6) is 0 Å². The van der Waals surface area contributed by atoms with Crippen LogP contribution in [-0.2, 0) is 6.54 Å². The topological polar surface area (TPSA) is 87.2 Å². The molecule has 1 aliphatic heterocycles. The molecule has 0 bridgehead atoms. The fraction of sp³-hybridized carbons (Fsp3) is 0.0625. The van der Waals surface area contributed by atoms with Crippen LogP contribution < -0.4 is 5.73 Å². The normalized spacial score (nSPS) is 13.2. The Hall–Kier alpha value is -3.20. The summed E-state index contributed by atoms with van der Waals surface area (Å²) in [5.74, 6) is -1.68. The highest BCUT2D eigenvalue weighted by Crippen LogP contribution is 2.29. The molecular weight excluding hydrogens is 285 g/mol. The number of nitrogens with zero attached hydrogens (tertiary/aromatic N) is 2. The Morgan fingerprint density at radius 1 is 1.18 bits per heavy atom. The van der Waals surface area contributed by atoms with Gasteiger partial charge in [-0.15, -0.1) is 0 Å². The van der Waals surface area contributed by atoms with E-state index >= 15 is 0 Å². The van der Waals surface area contributed by atoms with Gasteiger partial charge in [-0.05, 0) is 24.3 Å². The smallest absolute Gasteiger partial charge is 0.263 e. The van der Waals surface area contributed by atoms with Crippen LogP contribution in [-0.4, -0.2) is 16.7 Å². The summed E-state index contributed by atoms with van der Waals surface area (Å²) in [6, 6.07) is 10.4. The van der Waals surface area contributed by atoms with Crippen LogP contribution in [0.25, 0.3) is 0 Å². The van der Waals surface area contributed by atoms with E-state index in [1.807, 2.05) is 6.07 Å². The molecule has 0 aliphatic carbocycles. The second-order valence-corrected chi connectivity index (χ2v) is 4.88. The Morgan fingerprint density at radius 3 is 2.59 bits per heavy atom. The van der Waals surface area contributed by atoms with Crippen LogP contribution in [0, 0.1) is 17.1 Å². The van der Waals surface area contributed by atoms with E-state index in [1.165, 1.54) is 24.3 Å². The molecule has 0 aromatic heterocycles. The monoisotopic (exact) mass is 295 g/mol. The predicted octanol–water partition coefficient (Wildman–Crippen LogP) is 2.08. The van der Waals surface area contributed by atoms with Gasteiger partial charge in [-0.2, -0.15) is 5.26 Å². The highest BCUT2D eigenvalue weighted by Gasteiger charge is 2.37. The molecule has 0 saturated carbocycles. The maximum Gasteiger partial charge on any atom is 0.263 e. The molecule has 6 heteroatoms. The van der Waals surface area contributed by atoms with Crippen molar-refractivity contribution < 1.29 is 14.0 Å². The molecule has 1 heterocycles. The SMILES string of the molecule is N#Cc1ccc(CN2C(=O)c3cccc(N)c3C2=O)c(F)c1. The van der Waals surface area contributed by atoms with Gasteiger partial charge < -0.3 is 5.73 Å². The summed E-state index contributed by atoms with van der Waals surface area (Å²) < 4.78 is 13.9. The summed E-state index contributed by atoms with van der Waals surface area (Å²) in [7, 11) is 0. The number of imide groups is 1. The van der Waals surface area contributed by atoms with Gasteiger partial charge in [0.1, 0.15) is 5.82 Å². The maximum absolute atomic E-state index is 13.9. The first-order chi connectivity index (χ1) is 10.5. The highest BCUT2D eigenvalue weighted by atomic mass is 19.1. The molecule has 0 atom stereocenters. The molecule has 0 spiro atoms. The van der Waals surface area contributed by atoms with E-state index in [9.17, 15) is 14.0 Å². The number of hydrogen-bond donors (Lipinski definition) is 1. The van der Waals surface area contributed by atoms with Gasteiger partial charge in [0, 0.05) is 11.3 Å². The number of rotatable bonds is 2. The van der Waals surface area contributed by atoms with Crippen molar-refractivity contribution in [2.45, 2.75) is 6.54 Å². The first kappa shape index (κ1) is 13.8. The molecule has 3 rings (SSSR count). The number of hydrogen-bond acceptors (Lipinski definition) is 4. The van der Waals surface area contributed by atoms with Crippen LogP contribution in [0.15, 0.2) is 36.4 Å². The van der Waals surface area contributed by atoms with Crippen LogP contribution in [0.1, 0.15) is 31.8 Å². The number of anilines is 1. The van der Waals surface area contributed by atoms with Crippen molar-refractivity contribution in [1.82, 2.24) is 4.90 Å². The summed E-state index contributed by atoms with van der Waals surface area (Å²) in [6.45, 7) is -0.205. The predicted molar refractivity (Wildman–Crippen MR) is 76.2 cm³/mol. The molecule has 2 aromatic carbocycles. The minimum atomic E-state index is -0.636. The van der Waals surface area contributed by atoms with Crippen molar-refractivity contribution in [3.63, 3.8) is 0 Å². The lowest BCUT2D eigenvalue weighted by Gasteiger charge is -2.14. The van der Waals surface area contributed by atoms with Gasteiger partial charge in [0.05, 0.1) is 29.3 Å². The number of benzene rings is 2. The van der Waals surface area contributed by atoms with Crippen molar-refractivity contribution in [2.75, 3.05) is 5.73 Å². The molecule has 1 aliphatic rings. The van der Waals surface area contributed by atoms with E-state index in [4.69, 9.17) is 11.0 Å². The van der Waals surface area contributed by atoms with Crippen LogP contribution in [0.2, 0.25) is 0 Å². The minimum absolute atomic E-state index is 0.154. The van der Waals surface area contributed by atoms with Gasteiger partial charge in [0.15, 0.2) is 0 Å². The standard InChI is InChI=1S/C16H10FN3O2/c17-12-6-9(7-18)4-5-10(12)8-20-15(21)11-2-1-3-13(19)14(11)16(20)22/h1-6H,8,19H2. The average molecular weight is 295 g/mol. The Balaban J connectivity index is 1.96. The fourth-order valence-corrected chi connectivity index (χ4v) is 2.42. The summed E-state index contributed by atoms with van der Waals surface area (Å²) in [5.41, 5.74) is 6.67. The summed E-state index contributed by atoms with van der Waals surface area (Å²) in [4.78, 5) is 25.5. The number of nitrogen functional groups attached to an aromatic ring is 1. The van der Waals surface area contributed by atoms with Crippen molar-refractivity contribution in [2.24, 2.45) is 0 Å². The molecule has 5 nitrogen and oxygen atoms in total. The Labute approximate surface area is 125 Å². The number of carbonyl (C=O) groups is 2. The zero-order chi connectivity index (χ0) is 15.9. The van der Waals surface area contributed by atoms with Gasteiger partial charge in [-0.3, -0.25) is 14.5 Å². The van der Waals surface area contributed by atoms with Gasteiger partial charge in [0.25, 0.3) is 11.8 Å². The Bertz CT molecular complexity index is 855. The Kier molecular flexibility index (Phi) is 3.11. The van der Waals surface area contributed by atoms with Gasteiger partial charge in [0.2, 0.25) is 0 Å². The van der Waals surface area contributed by atoms with E-state index in [0.717, 1.165) is 11.0 Å². The first-order valence-electron chi connectivity index (χ1n) is 6.46.